The number of carbonyl (C=O) groups is 1. The number of rotatable bonds is 6. The van der Waals surface area contributed by atoms with Gasteiger partial charge in [0.2, 0.25) is 0 Å². The van der Waals surface area contributed by atoms with E-state index in [1.807, 2.05) is 13.8 Å². The lowest BCUT2D eigenvalue weighted by atomic mass is 9.88. The molecule has 1 unspecified atom stereocenters. The van der Waals surface area contributed by atoms with Crippen LogP contribution in [-0.4, -0.2) is 19.1 Å². The average Bonchev–Trinajstić information content (AvgIpc) is 2.30. The van der Waals surface area contributed by atoms with Crippen LogP contribution < -0.4 is 5.32 Å². The van der Waals surface area contributed by atoms with E-state index in [0.717, 1.165) is 5.56 Å². The minimum atomic E-state index is -0.533. The molecule has 3 nitrogen and oxygen atoms in total. The van der Waals surface area contributed by atoms with Crippen molar-refractivity contribution in [3.8, 4) is 0 Å². The van der Waals surface area contributed by atoms with E-state index in [-0.39, 0.29) is 18.2 Å². The van der Waals surface area contributed by atoms with E-state index >= 15 is 0 Å². The molecule has 0 saturated heterocycles. The third-order valence-corrected chi connectivity index (χ3v) is 2.85. The third kappa shape index (κ3) is 3.81. The molecule has 18 heavy (non-hydrogen) atoms. The fraction of sp³-hybridized carbons (Fsp3) is 0.500. The highest BCUT2D eigenvalue weighted by Crippen LogP contribution is 2.25. The van der Waals surface area contributed by atoms with Gasteiger partial charge in [0.1, 0.15) is 5.82 Å². The van der Waals surface area contributed by atoms with Gasteiger partial charge in [0.25, 0.3) is 0 Å². The quantitative estimate of drug-likeness (QED) is 0.792. The Morgan fingerprint density at radius 2 is 1.94 bits per heavy atom. The molecular formula is C14H20FNO2. The van der Waals surface area contributed by atoms with Crippen LogP contribution in [0.4, 0.5) is 4.39 Å². The molecule has 1 rings (SSSR count). The first-order chi connectivity index (χ1) is 8.51. The van der Waals surface area contributed by atoms with Crippen LogP contribution in [-0.2, 0) is 15.1 Å². The number of hydrogen-bond donors (Lipinski definition) is 1. The Morgan fingerprint density at radius 1 is 1.33 bits per heavy atom. The maximum absolute atomic E-state index is 12.9. The highest BCUT2D eigenvalue weighted by atomic mass is 19.1. The molecule has 0 aromatic heterocycles. The molecule has 1 N–H and O–H groups in total. The summed E-state index contributed by atoms with van der Waals surface area (Å²) in [5.41, 5.74) is 0.341. The maximum Gasteiger partial charge on any atom is 0.307 e. The van der Waals surface area contributed by atoms with Crippen molar-refractivity contribution in [2.45, 2.75) is 32.7 Å². The van der Waals surface area contributed by atoms with Crippen LogP contribution in [0.5, 0.6) is 0 Å². The molecule has 0 spiro atoms. The smallest absolute Gasteiger partial charge is 0.307 e. The number of ether oxygens (including phenoxy) is 1. The van der Waals surface area contributed by atoms with Crippen LogP contribution in [0.15, 0.2) is 24.3 Å². The predicted molar refractivity (Wildman–Crippen MR) is 68.7 cm³/mol. The Bertz CT molecular complexity index is 391. The lowest BCUT2D eigenvalue weighted by Crippen LogP contribution is -2.41. The van der Waals surface area contributed by atoms with Crippen LogP contribution in [0.1, 0.15) is 32.8 Å². The highest BCUT2D eigenvalue weighted by molar-refractivity contribution is 5.71. The second-order valence-electron chi connectivity index (χ2n) is 4.35. The Hall–Kier alpha value is -1.42. The first kappa shape index (κ1) is 14.6. The zero-order chi connectivity index (χ0) is 13.6. The Balaban J connectivity index is 2.91. The Kier molecular flexibility index (Phi) is 5.28. The van der Waals surface area contributed by atoms with Crippen LogP contribution in [0, 0.1) is 5.82 Å². The standard InChI is InChI=1S/C14H20FNO2/c1-4-16-14(3,10-13(17)18-5-2)11-6-8-12(15)9-7-11/h6-9,16H,4-5,10H2,1-3H3. The first-order valence-electron chi connectivity index (χ1n) is 6.18. The minimum Gasteiger partial charge on any atom is -0.466 e. The molecule has 0 fully saturated rings. The van der Waals surface area contributed by atoms with Gasteiger partial charge in [-0.15, -0.1) is 0 Å². The second-order valence-corrected chi connectivity index (χ2v) is 4.35. The molecule has 0 saturated carbocycles. The van der Waals surface area contributed by atoms with Crippen molar-refractivity contribution < 1.29 is 13.9 Å². The van der Waals surface area contributed by atoms with Gasteiger partial charge in [-0.25, -0.2) is 4.39 Å². The zero-order valence-corrected chi connectivity index (χ0v) is 11.1. The van der Waals surface area contributed by atoms with Gasteiger partial charge in [-0.2, -0.15) is 0 Å². The summed E-state index contributed by atoms with van der Waals surface area (Å²) in [7, 11) is 0. The van der Waals surface area contributed by atoms with Crippen molar-refractivity contribution >= 4 is 5.97 Å². The summed E-state index contributed by atoms with van der Waals surface area (Å²) < 4.78 is 17.9. The molecule has 0 bridgehead atoms. The summed E-state index contributed by atoms with van der Waals surface area (Å²) in [5, 5.41) is 3.26. The summed E-state index contributed by atoms with van der Waals surface area (Å²) >= 11 is 0. The van der Waals surface area contributed by atoms with E-state index in [0.29, 0.717) is 13.2 Å². The number of nitrogens with one attached hydrogen (secondary N) is 1. The topological polar surface area (TPSA) is 38.3 Å². The van der Waals surface area contributed by atoms with Gasteiger partial charge in [-0.1, -0.05) is 19.1 Å². The minimum absolute atomic E-state index is 0.223. The average molecular weight is 253 g/mol. The van der Waals surface area contributed by atoms with Gasteiger partial charge < -0.3 is 10.1 Å². The Morgan fingerprint density at radius 3 is 2.44 bits per heavy atom. The van der Waals surface area contributed by atoms with E-state index in [1.165, 1.54) is 12.1 Å². The van der Waals surface area contributed by atoms with E-state index < -0.39 is 5.54 Å². The molecule has 1 aromatic carbocycles. The lowest BCUT2D eigenvalue weighted by Gasteiger charge is -2.30. The molecule has 0 aliphatic heterocycles. The van der Waals surface area contributed by atoms with Crippen LogP contribution in [0.25, 0.3) is 0 Å². The number of halogens is 1. The van der Waals surface area contributed by atoms with Crippen molar-refractivity contribution in [1.29, 1.82) is 0 Å². The first-order valence-corrected chi connectivity index (χ1v) is 6.18. The lowest BCUT2D eigenvalue weighted by molar-refractivity contribution is -0.144. The summed E-state index contributed by atoms with van der Waals surface area (Å²) in [5.74, 6) is -0.543. The van der Waals surface area contributed by atoms with E-state index in [1.54, 1.807) is 19.1 Å². The molecule has 0 radical (unpaired) electrons. The molecule has 4 heteroatoms. The molecule has 1 aromatic rings. The van der Waals surface area contributed by atoms with Gasteiger partial charge in [-0.3, -0.25) is 4.79 Å². The van der Waals surface area contributed by atoms with Gasteiger partial charge in [0, 0.05) is 0 Å². The zero-order valence-electron chi connectivity index (χ0n) is 11.1. The summed E-state index contributed by atoms with van der Waals surface area (Å²) in [6, 6.07) is 6.18. The molecule has 0 heterocycles. The van der Waals surface area contributed by atoms with E-state index in [9.17, 15) is 9.18 Å². The van der Waals surface area contributed by atoms with Crippen molar-refractivity contribution in [3.63, 3.8) is 0 Å². The van der Waals surface area contributed by atoms with Crippen molar-refractivity contribution in [2.24, 2.45) is 0 Å². The van der Waals surface area contributed by atoms with Gasteiger partial charge in [0.05, 0.1) is 18.6 Å². The van der Waals surface area contributed by atoms with Crippen LogP contribution in [0.2, 0.25) is 0 Å². The van der Waals surface area contributed by atoms with Crippen molar-refractivity contribution in [3.05, 3.63) is 35.6 Å². The molecular weight excluding hydrogens is 233 g/mol. The van der Waals surface area contributed by atoms with Gasteiger partial charge in [-0.05, 0) is 38.1 Å². The monoisotopic (exact) mass is 253 g/mol. The summed E-state index contributed by atoms with van der Waals surface area (Å²) in [6.07, 6.45) is 0.223. The fourth-order valence-electron chi connectivity index (χ4n) is 1.98. The highest BCUT2D eigenvalue weighted by Gasteiger charge is 2.29. The number of hydrogen-bond acceptors (Lipinski definition) is 3. The number of carbonyl (C=O) groups excluding carboxylic acids is 1. The third-order valence-electron chi connectivity index (χ3n) is 2.85. The number of esters is 1. The van der Waals surface area contributed by atoms with Crippen LogP contribution in [0.3, 0.4) is 0 Å². The van der Waals surface area contributed by atoms with Crippen LogP contribution >= 0.6 is 0 Å². The van der Waals surface area contributed by atoms with Crippen molar-refractivity contribution in [1.82, 2.24) is 5.32 Å². The molecule has 100 valence electrons. The molecule has 0 aliphatic carbocycles. The van der Waals surface area contributed by atoms with Crippen molar-refractivity contribution in [2.75, 3.05) is 13.2 Å². The normalized spacial score (nSPS) is 14.0. The molecule has 0 aliphatic rings. The van der Waals surface area contributed by atoms with Gasteiger partial charge >= 0.3 is 5.97 Å². The largest absolute Gasteiger partial charge is 0.466 e. The van der Waals surface area contributed by atoms with E-state index in [4.69, 9.17) is 4.74 Å². The van der Waals surface area contributed by atoms with E-state index in [2.05, 4.69) is 5.32 Å². The summed E-state index contributed by atoms with van der Waals surface area (Å²) in [4.78, 5) is 11.6. The molecule has 1 atom stereocenters. The predicted octanol–water partition coefficient (Wildman–Crippen LogP) is 2.60. The SMILES string of the molecule is CCNC(C)(CC(=O)OCC)c1ccc(F)cc1. The molecule has 0 amide bonds. The maximum atomic E-state index is 12.9. The summed E-state index contributed by atoms with van der Waals surface area (Å²) in [6.45, 7) is 6.74. The number of benzene rings is 1. The second kappa shape index (κ2) is 6.50. The Labute approximate surface area is 107 Å². The fourth-order valence-corrected chi connectivity index (χ4v) is 1.98. The van der Waals surface area contributed by atoms with Gasteiger partial charge in [0.15, 0.2) is 0 Å².